The standard InChI is InChI=1S/C15H14FN3O4/c1-18(2)14(21)9-5-4-6-11(13(9)16)19-12(20)8-7-10(17-19)15(22)23-3/h4-8H,1-3H3. The largest absolute Gasteiger partial charge is 0.464 e. The molecule has 0 unspecified atom stereocenters. The molecule has 0 saturated heterocycles. The second-order valence-corrected chi connectivity index (χ2v) is 4.80. The lowest BCUT2D eigenvalue weighted by Gasteiger charge is -2.13. The van der Waals surface area contributed by atoms with E-state index in [1.165, 1.54) is 43.3 Å². The monoisotopic (exact) mass is 319 g/mol. The number of rotatable bonds is 3. The molecule has 2 rings (SSSR count). The molecule has 0 saturated carbocycles. The van der Waals surface area contributed by atoms with E-state index in [-0.39, 0.29) is 16.9 Å². The lowest BCUT2D eigenvalue weighted by molar-refractivity contribution is 0.0591. The summed E-state index contributed by atoms with van der Waals surface area (Å²) in [6, 6.07) is 6.26. The Balaban J connectivity index is 2.64. The summed E-state index contributed by atoms with van der Waals surface area (Å²) in [5.41, 5.74) is -1.24. The topological polar surface area (TPSA) is 81.5 Å². The van der Waals surface area contributed by atoms with Crippen LogP contribution in [-0.4, -0.2) is 47.8 Å². The van der Waals surface area contributed by atoms with Gasteiger partial charge in [0.1, 0.15) is 5.69 Å². The van der Waals surface area contributed by atoms with E-state index >= 15 is 0 Å². The maximum Gasteiger partial charge on any atom is 0.358 e. The van der Waals surface area contributed by atoms with Crippen molar-refractivity contribution in [1.29, 1.82) is 0 Å². The molecule has 0 atom stereocenters. The highest BCUT2D eigenvalue weighted by Crippen LogP contribution is 2.16. The van der Waals surface area contributed by atoms with Crippen molar-refractivity contribution < 1.29 is 18.7 Å². The van der Waals surface area contributed by atoms with Gasteiger partial charge in [0.25, 0.3) is 11.5 Å². The van der Waals surface area contributed by atoms with Gasteiger partial charge in [0.15, 0.2) is 11.5 Å². The zero-order valence-electron chi connectivity index (χ0n) is 12.7. The molecule has 0 aliphatic rings. The van der Waals surface area contributed by atoms with E-state index in [4.69, 9.17) is 0 Å². The molecular formula is C15H14FN3O4. The molecule has 120 valence electrons. The summed E-state index contributed by atoms with van der Waals surface area (Å²) in [4.78, 5) is 36.6. The van der Waals surface area contributed by atoms with Gasteiger partial charge in [-0.05, 0) is 18.2 Å². The predicted octanol–water partition coefficient (Wildman–Crippen LogP) is 0.860. The van der Waals surface area contributed by atoms with Crippen molar-refractivity contribution in [3.05, 3.63) is 57.8 Å². The van der Waals surface area contributed by atoms with E-state index in [9.17, 15) is 18.8 Å². The fourth-order valence-corrected chi connectivity index (χ4v) is 1.89. The van der Waals surface area contributed by atoms with Gasteiger partial charge in [-0.2, -0.15) is 9.78 Å². The maximum atomic E-state index is 14.6. The number of carbonyl (C=O) groups excluding carboxylic acids is 2. The van der Waals surface area contributed by atoms with Crippen LogP contribution in [0.4, 0.5) is 4.39 Å². The molecule has 8 heteroatoms. The second-order valence-electron chi connectivity index (χ2n) is 4.80. The predicted molar refractivity (Wildman–Crippen MR) is 79.1 cm³/mol. The summed E-state index contributed by atoms with van der Waals surface area (Å²) in [5, 5.41) is 3.78. The third kappa shape index (κ3) is 3.10. The van der Waals surface area contributed by atoms with Crippen molar-refractivity contribution >= 4 is 11.9 Å². The van der Waals surface area contributed by atoms with Gasteiger partial charge < -0.3 is 9.64 Å². The Bertz CT molecular complexity index is 830. The Labute approximate surface area is 130 Å². The van der Waals surface area contributed by atoms with Crippen molar-refractivity contribution in [3.63, 3.8) is 0 Å². The van der Waals surface area contributed by atoms with Crippen molar-refractivity contribution in [2.75, 3.05) is 21.2 Å². The van der Waals surface area contributed by atoms with E-state index in [2.05, 4.69) is 9.84 Å². The number of hydrogen-bond donors (Lipinski definition) is 0. The SMILES string of the molecule is COC(=O)c1ccc(=O)n(-c2cccc(C(=O)N(C)C)c2F)n1. The molecule has 0 radical (unpaired) electrons. The molecule has 0 bridgehead atoms. The van der Waals surface area contributed by atoms with Gasteiger partial charge in [0, 0.05) is 20.2 Å². The van der Waals surface area contributed by atoms with Crippen LogP contribution in [0.25, 0.3) is 5.69 Å². The molecule has 2 aromatic rings. The molecule has 1 heterocycles. The van der Waals surface area contributed by atoms with Gasteiger partial charge in [-0.3, -0.25) is 9.59 Å². The van der Waals surface area contributed by atoms with Crippen LogP contribution in [-0.2, 0) is 4.74 Å². The highest BCUT2D eigenvalue weighted by Gasteiger charge is 2.19. The minimum Gasteiger partial charge on any atom is -0.464 e. The smallest absolute Gasteiger partial charge is 0.358 e. The van der Waals surface area contributed by atoms with Crippen molar-refractivity contribution in [1.82, 2.24) is 14.7 Å². The highest BCUT2D eigenvalue weighted by molar-refractivity contribution is 5.94. The first-order chi connectivity index (χ1) is 10.9. The van der Waals surface area contributed by atoms with Crippen molar-refractivity contribution in [2.45, 2.75) is 0 Å². The van der Waals surface area contributed by atoms with Gasteiger partial charge in [-0.25, -0.2) is 9.18 Å². The Morgan fingerprint density at radius 1 is 1.22 bits per heavy atom. The Kier molecular flexibility index (Phi) is 4.54. The van der Waals surface area contributed by atoms with Crippen LogP contribution in [0, 0.1) is 5.82 Å². The Morgan fingerprint density at radius 3 is 2.52 bits per heavy atom. The number of esters is 1. The van der Waals surface area contributed by atoms with Gasteiger partial charge in [0.2, 0.25) is 0 Å². The number of halogens is 1. The Hall–Kier alpha value is -3.03. The summed E-state index contributed by atoms with van der Waals surface area (Å²) >= 11 is 0. The molecule has 0 N–H and O–H groups in total. The number of benzene rings is 1. The van der Waals surface area contributed by atoms with Crippen molar-refractivity contribution in [2.24, 2.45) is 0 Å². The minimum absolute atomic E-state index is 0.157. The summed E-state index contributed by atoms with van der Waals surface area (Å²) in [6.45, 7) is 0. The van der Waals surface area contributed by atoms with E-state index < -0.39 is 23.3 Å². The summed E-state index contributed by atoms with van der Waals surface area (Å²) in [5.74, 6) is -2.22. The molecule has 0 aliphatic carbocycles. The van der Waals surface area contributed by atoms with Crippen LogP contribution in [0.5, 0.6) is 0 Å². The van der Waals surface area contributed by atoms with Gasteiger partial charge in [0.05, 0.1) is 12.7 Å². The van der Waals surface area contributed by atoms with Gasteiger partial charge >= 0.3 is 5.97 Å². The second kappa shape index (κ2) is 6.39. The number of nitrogens with zero attached hydrogens (tertiary/aromatic N) is 3. The first-order valence-electron chi connectivity index (χ1n) is 6.56. The molecule has 0 aliphatic heterocycles. The first-order valence-corrected chi connectivity index (χ1v) is 6.56. The average molecular weight is 319 g/mol. The third-order valence-electron chi connectivity index (χ3n) is 3.04. The molecule has 7 nitrogen and oxygen atoms in total. The van der Waals surface area contributed by atoms with E-state index in [0.717, 1.165) is 13.2 Å². The van der Waals surface area contributed by atoms with Crippen LogP contribution in [0.1, 0.15) is 20.8 Å². The van der Waals surface area contributed by atoms with Gasteiger partial charge in [-0.15, -0.1) is 0 Å². The third-order valence-corrected chi connectivity index (χ3v) is 3.04. The number of carbonyl (C=O) groups is 2. The molecule has 0 spiro atoms. The zero-order valence-corrected chi connectivity index (χ0v) is 12.7. The Morgan fingerprint density at radius 2 is 1.91 bits per heavy atom. The van der Waals surface area contributed by atoms with Crippen LogP contribution < -0.4 is 5.56 Å². The summed E-state index contributed by atoms with van der Waals surface area (Å²) in [7, 11) is 4.13. The lowest BCUT2D eigenvalue weighted by Crippen LogP contribution is -2.26. The fraction of sp³-hybridized carbons (Fsp3) is 0.200. The molecule has 23 heavy (non-hydrogen) atoms. The van der Waals surface area contributed by atoms with Crippen molar-refractivity contribution in [3.8, 4) is 5.69 Å². The molecule has 1 aromatic carbocycles. The number of methoxy groups -OCH3 is 1. The first kappa shape index (κ1) is 16.3. The average Bonchev–Trinajstić information content (AvgIpc) is 2.54. The van der Waals surface area contributed by atoms with E-state index in [1.807, 2.05) is 0 Å². The normalized spacial score (nSPS) is 10.3. The molecule has 1 amide bonds. The van der Waals surface area contributed by atoms with E-state index in [0.29, 0.717) is 4.68 Å². The quantitative estimate of drug-likeness (QED) is 0.784. The summed E-state index contributed by atoms with van der Waals surface area (Å²) in [6.07, 6.45) is 0. The van der Waals surface area contributed by atoms with E-state index in [1.54, 1.807) is 0 Å². The number of hydrogen-bond acceptors (Lipinski definition) is 5. The fourth-order valence-electron chi connectivity index (χ4n) is 1.89. The maximum absolute atomic E-state index is 14.6. The zero-order chi connectivity index (χ0) is 17.1. The number of amides is 1. The lowest BCUT2D eigenvalue weighted by atomic mass is 10.1. The van der Waals surface area contributed by atoms with Crippen LogP contribution >= 0.6 is 0 Å². The van der Waals surface area contributed by atoms with Crippen LogP contribution in [0.2, 0.25) is 0 Å². The molecule has 0 fully saturated rings. The number of aromatic nitrogens is 2. The highest BCUT2D eigenvalue weighted by atomic mass is 19.1. The van der Waals surface area contributed by atoms with Crippen LogP contribution in [0.15, 0.2) is 35.1 Å². The van der Waals surface area contributed by atoms with Crippen LogP contribution in [0.3, 0.4) is 0 Å². The summed E-state index contributed by atoms with van der Waals surface area (Å²) < 4.78 is 19.8. The minimum atomic E-state index is -0.900. The molecule has 1 aromatic heterocycles. The van der Waals surface area contributed by atoms with Gasteiger partial charge in [-0.1, -0.05) is 6.07 Å². The number of ether oxygens (including phenoxy) is 1. The molecular weight excluding hydrogens is 305 g/mol.